The second-order valence-corrected chi connectivity index (χ2v) is 6.33. The maximum Gasteiger partial charge on any atom is 0.151 e. The van der Waals surface area contributed by atoms with Crippen molar-refractivity contribution in [1.29, 1.82) is 0 Å². The van der Waals surface area contributed by atoms with Crippen molar-refractivity contribution >= 4 is 17.4 Å². The summed E-state index contributed by atoms with van der Waals surface area (Å²) in [7, 11) is 0. The summed E-state index contributed by atoms with van der Waals surface area (Å²) in [5, 5.41) is 12.0. The first-order valence-electron chi connectivity index (χ1n) is 6.43. The number of hydrogen-bond acceptors (Lipinski definition) is 4. The third-order valence-electron chi connectivity index (χ3n) is 3.15. The molecule has 0 spiro atoms. The minimum atomic E-state index is 0.188. The molecule has 1 aromatic heterocycles. The van der Waals surface area contributed by atoms with Gasteiger partial charge in [-0.1, -0.05) is 11.6 Å². The van der Waals surface area contributed by atoms with Gasteiger partial charge in [-0.25, -0.2) is 0 Å². The molecular formula is C13H21ClN4. The third kappa shape index (κ3) is 3.82. The summed E-state index contributed by atoms with van der Waals surface area (Å²) < 4.78 is 0. The highest BCUT2D eigenvalue weighted by molar-refractivity contribution is 6.29. The molecule has 0 bridgehead atoms. The lowest BCUT2D eigenvalue weighted by Gasteiger charge is -2.23. The number of aromatic nitrogens is 2. The molecule has 1 aromatic rings. The monoisotopic (exact) mass is 268 g/mol. The Morgan fingerprint density at radius 1 is 1.39 bits per heavy atom. The van der Waals surface area contributed by atoms with E-state index >= 15 is 0 Å². The Hall–Kier alpha value is -0.870. The van der Waals surface area contributed by atoms with Crippen molar-refractivity contribution < 1.29 is 0 Å². The average Bonchev–Trinajstić information content (AvgIpc) is 2.75. The summed E-state index contributed by atoms with van der Waals surface area (Å²) in [6.45, 7) is 9.74. The first-order valence-corrected chi connectivity index (χ1v) is 6.81. The van der Waals surface area contributed by atoms with Gasteiger partial charge in [0.15, 0.2) is 11.0 Å². The van der Waals surface area contributed by atoms with Gasteiger partial charge >= 0.3 is 0 Å². The first-order chi connectivity index (χ1) is 8.44. The lowest BCUT2D eigenvalue weighted by molar-refractivity contribution is 0.383. The van der Waals surface area contributed by atoms with Gasteiger partial charge < -0.3 is 10.2 Å². The highest BCUT2D eigenvalue weighted by Crippen LogP contribution is 2.22. The highest BCUT2D eigenvalue weighted by Gasteiger charge is 2.24. The van der Waals surface area contributed by atoms with Crippen LogP contribution in [-0.2, 0) is 0 Å². The molecule has 1 fully saturated rings. The van der Waals surface area contributed by atoms with E-state index in [9.17, 15) is 0 Å². The summed E-state index contributed by atoms with van der Waals surface area (Å²) in [6.07, 6.45) is 1.20. The van der Waals surface area contributed by atoms with Crippen LogP contribution in [0.15, 0.2) is 12.1 Å². The Morgan fingerprint density at radius 2 is 2.17 bits per heavy atom. The molecule has 5 heteroatoms. The van der Waals surface area contributed by atoms with Gasteiger partial charge in [-0.2, -0.15) is 0 Å². The molecule has 0 saturated carbocycles. The van der Waals surface area contributed by atoms with Crippen molar-refractivity contribution in [3.05, 3.63) is 17.3 Å². The molecule has 1 N–H and O–H groups in total. The molecule has 1 aliphatic rings. The molecule has 0 radical (unpaired) electrons. The summed E-state index contributed by atoms with van der Waals surface area (Å²) in [6, 6.07) is 3.74. The van der Waals surface area contributed by atoms with Gasteiger partial charge in [-0.15, -0.1) is 10.2 Å². The van der Waals surface area contributed by atoms with E-state index in [4.69, 9.17) is 11.6 Å². The normalized spacial score (nSPS) is 20.4. The molecule has 1 saturated heterocycles. The minimum absolute atomic E-state index is 0.188. The zero-order valence-electron chi connectivity index (χ0n) is 11.3. The fourth-order valence-electron chi connectivity index (χ4n) is 2.14. The Labute approximate surface area is 114 Å². The van der Waals surface area contributed by atoms with Crippen LogP contribution in [0.2, 0.25) is 5.15 Å². The zero-order chi connectivity index (χ0) is 13.2. The number of rotatable bonds is 3. The maximum atomic E-state index is 5.74. The minimum Gasteiger partial charge on any atom is -0.355 e. The predicted molar refractivity (Wildman–Crippen MR) is 75.1 cm³/mol. The molecule has 1 atom stereocenters. The molecule has 4 nitrogen and oxygen atoms in total. The molecule has 0 aromatic carbocycles. The van der Waals surface area contributed by atoms with Crippen molar-refractivity contribution in [1.82, 2.24) is 15.5 Å². The van der Waals surface area contributed by atoms with Gasteiger partial charge in [0.05, 0.1) is 0 Å². The lowest BCUT2D eigenvalue weighted by Crippen LogP contribution is -2.39. The van der Waals surface area contributed by atoms with Crippen molar-refractivity contribution in [2.75, 3.05) is 24.5 Å². The quantitative estimate of drug-likeness (QED) is 0.914. The van der Waals surface area contributed by atoms with Gasteiger partial charge in [0.25, 0.3) is 0 Å². The van der Waals surface area contributed by atoms with Crippen molar-refractivity contribution in [2.24, 2.45) is 5.92 Å². The maximum absolute atomic E-state index is 5.74. The van der Waals surface area contributed by atoms with Gasteiger partial charge in [-0.05, 0) is 45.2 Å². The average molecular weight is 269 g/mol. The molecule has 0 aliphatic carbocycles. The van der Waals surface area contributed by atoms with E-state index in [1.165, 1.54) is 6.42 Å². The molecule has 100 valence electrons. The zero-order valence-corrected chi connectivity index (χ0v) is 12.0. The topological polar surface area (TPSA) is 41.0 Å². The van der Waals surface area contributed by atoms with Crippen LogP contribution in [0, 0.1) is 5.92 Å². The van der Waals surface area contributed by atoms with E-state index in [1.807, 2.05) is 6.07 Å². The van der Waals surface area contributed by atoms with Crippen LogP contribution in [0.4, 0.5) is 5.82 Å². The van der Waals surface area contributed by atoms with E-state index in [1.54, 1.807) is 6.07 Å². The summed E-state index contributed by atoms with van der Waals surface area (Å²) in [5.41, 5.74) is 0.188. The van der Waals surface area contributed by atoms with Crippen LogP contribution in [-0.4, -0.2) is 35.4 Å². The third-order valence-corrected chi connectivity index (χ3v) is 3.35. The van der Waals surface area contributed by atoms with Crippen LogP contribution in [0.1, 0.15) is 27.2 Å². The molecule has 1 aliphatic heterocycles. The Bertz CT molecular complexity index is 385. The van der Waals surface area contributed by atoms with E-state index in [0.29, 0.717) is 11.1 Å². The number of nitrogens with one attached hydrogen (secondary N) is 1. The molecule has 2 rings (SSSR count). The predicted octanol–water partition coefficient (Wildman–Crippen LogP) is 2.34. The smallest absolute Gasteiger partial charge is 0.151 e. The largest absolute Gasteiger partial charge is 0.355 e. The van der Waals surface area contributed by atoms with Crippen LogP contribution < -0.4 is 10.2 Å². The van der Waals surface area contributed by atoms with Gasteiger partial charge in [0.1, 0.15) is 0 Å². The fourth-order valence-corrected chi connectivity index (χ4v) is 2.24. The Balaban J connectivity index is 1.86. The SMILES string of the molecule is CC(C)(C)NCC1CCN(c2ccc(Cl)nn2)C1. The second kappa shape index (κ2) is 5.41. The summed E-state index contributed by atoms with van der Waals surface area (Å²) in [5.74, 6) is 1.61. The van der Waals surface area contributed by atoms with Crippen LogP contribution in [0.5, 0.6) is 0 Å². The van der Waals surface area contributed by atoms with Gasteiger partial charge in [0.2, 0.25) is 0 Å². The van der Waals surface area contributed by atoms with E-state index in [2.05, 4.69) is 41.2 Å². The second-order valence-electron chi connectivity index (χ2n) is 5.95. The number of anilines is 1. The van der Waals surface area contributed by atoms with Crippen molar-refractivity contribution in [3.8, 4) is 0 Å². The fraction of sp³-hybridized carbons (Fsp3) is 0.692. The number of hydrogen-bond donors (Lipinski definition) is 1. The molecule has 1 unspecified atom stereocenters. The van der Waals surface area contributed by atoms with Crippen LogP contribution in [0.3, 0.4) is 0 Å². The number of nitrogens with zero attached hydrogens (tertiary/aromatic N) is 3. The molecule has 2 heterocycles. The van der Waals surface area contributed by atoms with Crippen LogP contribution in [0.25, 0.3) is 0 Å². The van der Waals surface area contributed by atoms with Gasteiger partial charge in [-0.3, -0.25) is 0 Å². The highest BCUT2D eigenvalue weighted by atomic mass is 35.5. The summed E-state index contributed by atoms with van der Waals surface area (Å²) >= 11 is 5.74. The lowest BCUT2D eigenvalue weighted by atomic mass is 10.1. The standard InChI is InChI=1S/C13H21ClN4/c1-13(2,3)15-8-10-6-7-18(9-10)12-5-4-11(14)16-17-12/h4-5,10,15H,6-9H2,1-3H3. The first kappa shape index (κ1) is 13.6. The van der Waals surface area contributed by atoms with Crippen LogP contribution >= 0.6 is 11.6 Å². The van der Waals surface area contributed by atoms with Gasteiger partial charge in [0, 0.05) is 25.2 Å². The molecule has 0 amide bonds. The number of halogens is 1. The Morgan fingerprint density at radius 3 is 2.78 bits per heavy atom. The van der Waals surface area contributed by atoms with E-state index < -0.39 is 0 Å². The van der Waals surface area contributed by atoms with E-state index in [0.717, 1.165) is 25.5 Å². The van der Waals surface area contributed by atoms with Crippen molar-refractivity contribution in [2.45, 2.75) is 32.7 Å². The van der Waals surface area contributed by atoms with Crippen molar-refractivity contribution in [3.63, 3.8) is 0 Å². The van der Waals surface area contributed by atoms with E-state index in [-0.39, 0.29) is 5.54 Å². The molecular weight excluding hydrogens is 248 g/mol. The summed E-state index contributed by atoms with van der Waals surface area (Å²) in [4.78, 5) is 2.28. The molecule has 18 heavy (non-hydrogen) atoms. The Kier molecular flexibility index (Phi) is 4.07.